The molecule has 0 unspecified atom stereocenters. The van der Waals surface area contributed by atoms with Crippen LogP contribution < -0.4 is 0 Å². The highest BCUT2D eigenvalue weighted by Crippen LogP contribution is 2.52. The maximum Gasteiger partial charge on any atom is 0.229 e. The summed E-state index contributed by atoms with van der Waals surface area (Å²) in [6, 6.07) is 20.8. The van der Waals surface area contributed by atoms with Gasteiger partial charge in [0.25, 0.3) is 0 Å². The average Bonchev–Trinajstić information content (AvgIpc) is 3.17. The van der Waals surface area contributed by atoms with Crippen LogP contribution in [0, 0.1) is 17.3 Å². The third-order valence-electron chi connectivity index (χ3n) is 8.04. The number of allylic oxidation sites excluding steroid dienone is 1. The van der Waals surface area contributed by atoms with Gasteiger partial charge in [-0.05, 0) is 43.2 Å². The van der Waals surface area contributed by atoms with Gasteiger partial charge in [-0.3, -0.25) is 4.79 Å². The highest BCUT2D eigenvalue weighted by atomic mass is 16.5. The highest BCUT2D eigenvalue weighted by Gasteiger charge is 2.55. The predicted molar refractivity (Wildman–Crippen MR) is 146 cm³/mol. The van der Waals surface area contributed by atoms with Crippen LogP contribution in [0.4, 0.5) is 0 Å². The molecule has 0 aromatic heterocycles. The van der Waals surface area contributed by atoms with E-state index in [1.807, 2.05) is 24.3 Å². The minimum absolute atomic E-state index is 0.0463. The molecule has 1 aliphatic rings. The number of rotatable bonds is 15. The normalized spacial score (nSPS) is 21.0. The molecule has 0 saturated carbocycles. The summed E-state index contributed by atoms with van der Waals surface area (Å²) in [4.78, 5) is 16.3. The van der Waals surface area contributed by atoms with Crippen molar-refractivity contribution in [1.82, 2.24) is 4.90 Å². The van der Waals surface area contributed by atoms with Gasteiger partial charge in [0.15, 0.2) is 0 Å². The summed E-state index contributed by atoms with van der Waals surface area (Å²) >= 11 is 0. The van der Waals surface area contributed by atoms with Gasteiger partial charge < -0.3 is 9.64 Å². The summed E-state index contributed by atoms with van der Waals surface area (Å²) in [5.41, 5.74) is 2.20. The number of amides is 1. The van der Waals surface area contributed by atoms with Crippen molar-refractivity contribution in [3.8, 4) is 0 Å². The minimum Gasteiger partial charge on any atom is -0.376 e. The van der Waals surface area contributed by atoms with Gasteiger partial charge in [-0.15, -0.1) is 6.58 Å². The van der Waals surface area contributed by atoms with Crippen LogP contribution in [0.15, 0.2) is 73.3 Å². The second-order valence-electron chi connectivity index (χ2n) is 10.3. The van der Waals surface area contributed by atoms with E-state index in [-0.39, 0.29) is 23.3 Å². The zero-order valence-electron chi connectivity index (χ0n) is 22.1. The lowest BCUT2D eigenvalue weighted by molar-refractivity contribution is -0.136. The number of carbonyl (C=O) groups excluding carboxylic acids is 1. The first-order chi connectivity index (χ1) is 17.1. The third-order valence-corrected chi connectivity index (χ3v) is 8.04. The molecule has 3 nitrogen and oxygen atoms in total. The lowest BCUT2D eigenvalue weighted by Gasteiger charge is -2.41. The van der Waals surface area contributed by atoms with Crippen molar-refractivity contribution in [2.24, 2.45) is 17.3 Å². The van der Waals surface area contributed by atoms with Crippen LogP contribution in [0.25, 0.3) is 0 Å². The molecule has 3 atom stereocenters. The molecule has 3 rings (SSSR count). The fraction of sp³-hybridized carbons (Fsp3) is 0.531. The van der Waals surface area contributed by atoms with Crippen molar-refractivity contribution < 1.29 is 9.53 Å². The van der Waals surface area contributed by atoms with E-state index < -0.39 is 0 Å². The smallest absolute Gasteiger partial charge is 0.229 e. The second kappa shape index (κ2) is 13.6. The van der Waals surface area contributed by atoms with Crippen LogP contribution in [-0.4, -0.2) is 24.0 Å². The van der Waals surface area contributed by atoms with E-state index in [9.17, 15) is 4.79 Å². The monoisotopic (exact) mass is 475 g/mol. The molecule has 1 amide bonds. The van der Waals surface area contributed by atoms with Crippen molar-refractivity contribution >= 4 is 5.91 Å². The molecule has 1 saturated heterocycles. The molecule has 2 aromatic rings. The van der Waals surface area contributed by atoms with Crippen molar-refractivity contribution in [3.05, 3.63) is 84.4 Å². The molecule has 1 heterocycles. The SMILES string of the molecule is C=CC[C@@]1(C(CCCC)CCCC)CN([C@H](C)c2ccccc2)C(=O)[C@H]1COCc1ccccc1. The maximum absolute atomic E-state index is 14.1. The molecule has 3 heteroatoms. The van der Waals surface area contributed by atoms with Crippen LogP contribution in [0.1, 0.15) is 82.9 Å². The summed E-state index contributed by atoms with van der Waals surface area (Å²) in [6.07, 6.45) is 10.0. The molecular weight excluding hydrogens is 430 g/mol. The van der Waals surface area contributed by atoms with E-state index in [0.717, 1.165) is 18.5 Å². The number of nitrogens with zero attached hydrogens (tertiary/aromatic N) is 1. The number of unbranched alkanes of at least 4 members (excludes halogenated alkanes) is 2. The van der Waals surface area contributed by atoms with Crippen molar-refractivity contribution in [1.29, 1.82) is 0 Å². The number of carbonyl (C=O) groups is 1. The van der Waals surface area contributed by atoms with Gasteiger partial charge in [-0.1, -0.05) is 106 Å². The van der Waals surface area contributed by atoms with Crippen molar-refractivity contribution in [2.45, 2.75) is 78.4 Å². The number of likely N-dealkylation sites (tertiary alicyclic amines) is 1. The predicted octanol–water partition coefficient (Wildman–Crippen LogP) is 7.98. The highest BCUT2D eigenvalue weighted by molar-refractivity contribution is 5.83. The third kappa shape index (κ3) is 6.64. The van der Waals surface area contributed by atoms with Gasteiger partial charge in [0.05, 0.1) is 25.2 Å². The Kier molecular flexibility index (Phi) is 10.6. The quantitative estimate of drug-likeness (QED) is 0.244. The lowest BCUT2D eigenvalue weighted by Crippen LogP contribution is -2.41. The lowest BCUT2D eigenvalue weighted by atomic mass is 9.63. The first-order valence-corrected chi connectivity index (χ1v) is 13.6. The van der Waals surface area contributed by atoms with E-state index in [1.165, 1.54) is 44.1 Å². The molecule has 190 valence electrons. The molecule has 1 aliphatic heterocycles. The van der Waals surface area contributed by atoms with Gasteiger partial charge in [-0.2, -0.15) is 0 Å². The molecule has 2 aromatic carbocycles. The fourth-order valence-corrected chi connectivity index (χ4v) is 5.97. The summed E-state index contributed by atoms with van der Waals surface area (Å²) in [6.45, 7) is 12.6. The van der Waals surface area contributed by atoms with Crippen molar-refractivity contribution in [3.63, 3.8) is 0 Å². The Balaban J connectivity index is 1.93. The number of benzene rings is 2. The largest absolute Gasteiger partial charge is 0.376 e. The zero-order chi connectivity index (χ0) is 25.1. The molecule has 1 fully saturated rings. The van der Waals surface area contributed by atoms with Gasteiger partial charge in [0.2, 0.25) is 5.91 Å². The van der Waals surface area contributed by atoms with E-state index in [1.54, 1.807) is 0 Å². The second-order valence-corrected chi connectivity index (χ2v) is 10.3. The Bertz CT molecular complexity index is 888. The number of ether oxygens (including phenoxy) is 1. The van der Waals surface area contributed by atoms with Crippen LogP contribution in [0.5, 0.6) is 0 Å². The summed E-state index contributed by atoms with van der Waals surface area (Å²) in [5.74, 6) is 0.589. The summed E-state index contributed by atoms with van der Waals surface area (Å²) in [7, 11) is 0. The van der Waals surface area contributed by atoms with Gasteiger partial charge in [-0.25, -0.2) is 0 Å². The molecular formula is C32H45NO2. The van der Waals surface area contributed by atoms with Crippen LogP contribution in [0.2, 0.25) is 0 Å². The molecule has 0 aliphatic carbocycles. The average molecular weight is 476 g/mol. The van der Waals surface area contributed by atoms with Gasteiger partial charge in [0.1, 0.15) is 0 Å². The van der Waals surface area contributed by atoms with E-state index in [2.05, 4.69) is 74.7 Å². The van der Waals surface area contributed by atoms with Crippen molar-refractivity contribution in [2.75, 3.05) is 13.2 Å². The van der Waals surface area contributed by atoms with Gasteiger partial charge >= 0.3 is 0 Å². The molecule has 0 N–H and O–H groups in total. The summed E-state index contributed by atoms with van der Waals surface area (Å²) in [5, 5.41) is 0. The standard InChI is InChI=1S/C32H45NO2/c1-5-8-20-29(21-9-6-2)32(22-7-3)25-33(26(4)28-18-14-11-15-19-28)31(34)30(32)24-35-23-27-16-12-10-13-17-27/h7,10-19,26,29-30H,3,5-6,8-9,20-25H2,1-2,4H3/t26-,30-,32+/m1/s1. The first kappa shape index (κ1) is 27.2. The minimum atomic E-state index is -0.144. The zero-order valence-corrected chi connectivity index (χ0v) is 22.1. The summed E-state index contributed by atoms with van der Waals surface area (Å²) < 4.78 is 6.29. The molecule has 0 bridgehead atoms. The number of hydrogen-bond donors (Lipinski definition) is 0. The molecule has 35 heavy (non-hydrogen) atoms. The fourth-order valence-electron chi connectivity index (χ4n) is 5.97. The Morgan fingerprint density at radius 2 is 1.63 bits per heavy atom. The molecule has 0 radical (unpaired) electrons. The van der Waals surface area contributed by atoms with E-state index in [0.29, 0.717) is 19.1 Å². The van der Waals surface area contributed by atoms with Gasteiger partial charge in [0, 0.05) is 12.0 Å². The number of hydrogen-bond acceptors (Lipinski definition) is 2. The first-order valence-electron chi connectivity index (χ1n) is 13.6. The van der Waals surface area contributed by atoms with E-state index in [4.69, 9.17) is 4.74 Å². The van der Waals surface area contributed by atoms with Crippen LogP contribution in [-0.2, 0) is 16.1 Å². The maximum atomic E-state index is 14.1. The topological polar surface area (TPSA) is 29.5 Å². The Morgan fingerprint density at radius 3 is 2.20 bits per heavy atom. The molecule has 0 spiro atoms. The van der Waals surface area contributed by atoms with Crippen LogP contribution >= 0.6 is 0 Å². The van der Waals surface area contributed by atoms with E-state index >= 15 is 0 Å². The Labute approximate surface area is 213 Å². The van der Waals surface area contributed by atoms with Crippen LogP contribution in [0.3, 0.4) is 0 Å². The Morgan fingerprint density at radius 1 is 1.03 bits per heavy atom. The Hall–Kier alpha value is -2.39.